The van der Waals surface area contributed by atoms with Crippen molar-refractivity contribution in [3.63, 3.8) is 0 Å². The number of aromatic nitrogens is 2. The number of aliphatic hydroxyl groups excluding tert-OH is 1. The Hall–Kier alpha value is -3.51. The van der Waals surface area contributed by atoms with Crippen molar-refractivity contribution in [2.45, 2.75) is 74.7 Å². The highest BCUT2D eigenvalue weighted by Gasteiger charge is 2.17. The molecule has 0 aliphatic rings. The molecule has 0 spiro atoms. The third-order valence-corrected chi connectivity index (χ3v) is 6.08. The summed E-state index contributed by atoms with van der Waals surface area (Å²) in [6.45, 7) is 21.7. The number of nitrogens with one attached hydrogen (secondary N) is 1. The predicted octanol–water partition coefficient (Wildman–Crippen LogP) is 8.20. The fourth-order valence-electron chi connectivity index (χ4n) is 3.85. The molecule has 2 aromatic carbocycles. The summed E-state index contributed by atoms with van der Waals surface area (Å²) in [6.07, 6.45) is 3.42. The summed E-state index contributed by atoms with van der Waals surface area (Å²) in [5.41, 5.74) is 5.34. The van der Waals surface area contributed by atoms with Crippen LogP contribution in [0.4, 0.5) is 4.39 Å². The van der Waals surface area contributed by atoms with E-state index in [0.717, 1.165) is 54.6 Å². The van der Waals surface area contributed by atoms with Crippen LogP contribution in [0.5, 0.6) is 0 Å². The Kier molecular flexibility index (Phi) is 18.6. The lowest BCUT2D eigenvalue weighted by atomic mass is 9.94. The van der Waals surface area contributed by atoms with Crippen LogP contribution in [-0.2, 0) is 0 Å². The first-order valence-corrected chi connectivity index (χ1v) is 14.3. The minimum Gasteiger partial charge on any atom is -0.400 e. The number of hydrogen-bond donors (Lipinski definition) is 2. The van der Waals surface area contributed by atoms with Crippen molar-refractivity contribution in [3.8, 4) is 5.69 Å². The van der Waals surface area contributed by atoms with Crippen LogP contribution in [0.3, 0.4) is 0 Å². The molecule has 0 amide bonds. The standard InChI is InChI=1S/C28H32FN3O.C3H8.C2H6.CH4O/c1-6-22(7-2)18-30-21(5)28(20(4)23-12-14-24(29)15-13-23)25-16-17-27(33)32(31-25)26-11-9-8-10-19(26)3;1-3-2;2*1-2/h8-17,22,30H,4,6-7,18H2,1-3,5H3;3H2,1-2H3;1-2H3;2H,1H3/b28-21-;;;. The quantitative estimate of drug-likeness (QED) is 0.263. The Balaban J connectivity index is 0.00000199. The number of benzene rings is 2. The maximum Gasteiger partial charge on any atom is 0.271 e. The molecule has 0 radical (unpaired) electrons. The average molecular weight is 552 g/mol. The Morgan fingerprint density at radius 3 is 2.05 bits per heavy atom. The first kappa shape index (κ1) is 36.5. The summed E-state index contributed by atoms with van der Waals surface area (Å²) in [4.78, 5) is 12.7. The van der Waals surface area contributed by atoms with E-state index >= 15 is 0 Å². The van der Waals surface area contributed by atoms with Gasteiger partial charge in [0.05, 0.1) is 11.4 Å². The zero-order valence-electron chi connectivity index (χ0n) is 26.0. The van der Waals surface area contributed by atoms with Crippen LogP contribution in [0, 0.1) is 18.7 Å². The van der Waals surface area contributed by atoms with Crippen LogP contribution in [0.25, 0.3) is 16.8 Å². The van der Waals surface area contributed by atoms with Gasteiger partial charge in [0.1, 0.15) is 5.82 Å². The number of rotatable bonds is 9. The third kappa shape index (κ3) is 10.9. The van der Waals surface area contributed by atoms with Gasteiger partial charge >= 0.3 is 0 Å². The van der Waals surface area contributed by atoms with Gasteiger partial charge in [0.15, 0.2) is 0 Å². The van der Waals surface area contributed by atoms with Crippen LogP contribution >= 0.6 is 0 Å². The van der Waals surface area contributed by atoms with E-state index in [2.05, 4.69) is 39.6 Å². The molecule has 0 saturated carbocycles. The normalized spacial score (nSPS) is 10.6. The molecular weight excluding hydrogens is 501 g/mol. The molecule has 0 atom stereocenters. The van der Waals surface area contributed by atoms with E-state index in [9.17, 15) is 9.18 Å². The molecule has 3 aromatic rings. The largest absolute Gasteiger partial charge is 0.400 e. The highest BCUT2D eigenvalue weighted by atomic mass is 19.1. The summed E-state index contributed by atoms with van der Waals surface area (Å²) < 4.78 is 15.0. The number of halogens is 1. The highest BCUT2D eigenvalue weighted by Crippen LogP contribution is 2.31. The summed E-state index contributed by atoms with van der Waals surface area (Å²) in [5, 5.41) is 15.3. The third-order valence-electron chi connectivity index (χ3n) is 6.08. The van der Waals surface area contributed by atoms with E-state index in [1.165, 1.54) is 29.3 Å². The molecule has 5 nitrogen and oxygen atoms in total. The first-order chi connectivity index (χ1) is 19.3. The molecule has 0 saturated heterocycles. The van der Waals surface area contributed by atoms with Crippen molar-refractivity contribution < 1.29 is 9.50 Å². The van der Waals surface area contributed by atoms with Gasteiger partial charge in [0.25, 0.3) is 5.56 Å². The van der Waals surface area contributed by atoms with Gasteiger partial charge in [-0.15, -0.1) is 0 Å². The fourth-order valence-corrected chi connectivity index (χ4v) is 3.85. The van der Waals surface area contributed by atoms with E-state index in [1.54, 1.807) is 18.2 Å². The van der Waals surface area contributed by atoms with Gasteiger partial charge in [-0.3, -0.25) is 4.79 Å². The van der Waals surface area contributed by atoms with Crippen molar-refractivity contribution in [2.24, 2.45) is 5.92 Å². The average Bonchev–Trinajstić information content (AvgIpc) is 2.98. The molecule has 3 rings (SSSR count). The number of aliphatic hydroxyl groups is 1. The number of hydrogen-bond acceptors (Lipinski definition) is 4. The van der Waals surface area contributed by atoms with Crippen LogP contribution in [0.1, 0.15) is 84.5 Å². The van der Waals surface area contributed by atoms with Gasteiger partial charge in [-0.2, -0.15) is 9.78 Å². The van der Waals surface area contributed by atoms with Crippen molar-refractivity contribution in [2.75, 3.05) is 13.7 Å². The number of allylic oxidation sites excluding steroid dienone is 3. The van der Waals surface area contributed by atoms with E-state index in [0.29, 0.717) is 17.2 Å². The Morgan fingerprint density at radius 2 is 1.52 bits per heavy atom. The summed E-state index contributed by atoms with van der Waals surface area (Å²) in [7, 11) is 1.00. The van der Waals surface area contributed by atoms with Gasteiger partial charge in [-0.05, 0) is 60.7 Å². The lowest BCUT2D eigenvalue weighted by Gasteiger charge is -2.20. The molecule has 1 aromatic heterocycles. The molecule has 0 bridgehead atoms. The second-order valence-corrected chi connectivity index (χ2v) is 9.01. The maximum atomic E-state index is 13.5. The van der Waals surface area contributed by atoms with E-state index in [4.69, 9.17) is 10.2 Å². The number of nitrogens with zero attached hydrogens (tertiary/aromatic N) is 2. The highest BCUT2D eigenvalue weighted by molar-refractivity contribution is 6.04. The van der Waals surface area contributed by atoms with Crippen molar-refractivity contribution in [3.05, 3.63) is 106 Å². The van der Waals surface area contributed by atoms with Gasteiger partial charge < -0.3 is 10.4 Å². The summed E-state index contributed by atoms with van der Waals surface area (Å²) >= 11 is 0. The number of aryl methyl sites for hydroxylation is 1. The van der Waals surface area contributed by atoms with E-state index < -0.39 is 0 Å². The Labute approximate surface area is 241 Å². The fraction of sp³-hybridized carbons (Fsp3) is 0.412. The zero-order chi connectivity index (χ0) is 30.7. The predicted molar refractivity (Wildman–Crippen MR) is 170 cm³/mol. The minimum absolute atomic E-state index is 0.206. The van der Waals surface area contributed by atoms with Gasteiger partial charge in [-0.1, -0.05) is 97.7 Å². The molecule has 40 heavy (non-hydrogen) atoms. The first-order valence-electron chi connectivity index (χ1n) is 14.3. The van der Waals surface area contributed by atoms with Crippen LogP contribution in [0.2, 0.25) is 0 Å². The topological polar surface area (TPSA) is 67.2 Å². The van der Waals surface area contributed by atoms with Crippen molar-refractivity contribution in [1.82, 2.24) is 15.1 Å². The zero-order valence-corrected chi connectivity index (χ0v) is 26.0. The van der Waals surface area contributed by atoms with Gasteiger partial charge in [-0.25, -0.2) is 4.39 Å². The summed E-state index contributed by atoms with van der Waals surface area (Å²) in [5.74, 6) is 0.251. The molecule has 6 heteroatoms. The molecule has 220 valence electrons. The molecule has 0 aliphatic carbocycles. The van der Waals surface area contributed by atoms with Crippen molar-refractivity contribution in [1.29, 1.82) is 0 Å². The number of para-hydroxylation sites is 1. The monoisotopic (exact) mass is 551 g/mol. The second kappa shape index (κ2) is 20.4. The SMILES string of the molecule is C=C(/C(=C(\C)NCC(CC)CC)c1ccc(=O)n(-c2ccccc2C)n1)c1ccc(F)cc1.CC.CCC.CO. The molecule has 0 fully saturated rings. The molecule has 0 unspecified atom stereocenters. The van der Waals surface area contributed by atoms with Gasteiger partial charge in [0, 0.05) is 31.0 Å². The van der Waals surface area contributed by atoms with Crippen LogP contribution in [0.15, 0.2) is 77.7 Å². The minimum atomic E-state index is -0.299. The van der Waals surface area contributed by atoms with Gasteiger partial charge in [0.2, 0.25) is 0 Å². The van der Waals surface area contributed by atoms with Crippen LogP contribution < -0.4 is 10.9 Å². The molecule has 1 heterocycles. The Bertz CT molecular complexity index is 1230. The van der Waals surface area contributed by atoms with Crippen molar-refractivity contribution >= 4 is 11.1 Å². The van der Waals surface area contributed by atoms with Crippen LogP contribution in [-0.4, -0.2) is 28.5 Å². The van der Waals surface area contributed by atoms with E-state index in [-0.39, 0.29) is 11.4 Å². The van der Waals surface area contributed by atoms with E-state index in [1.807, 2.05) is 52.0 Å². The smallest absolute Gasteiger partial charge is 0.271 e. The molecular formula is C34H50FN3O2. The maximum absolute atomic E-state index is 13.5. The molecule has 2 N–H and O–H groups in total. The second-order valence-electron chi connectivity index (χ2n) is 9.01. The summed E-state index contributed by atoms with van der Waals surface area (Å²) in [6, 6.07) is 17.2. The molecule has 0 aliphatic heterocycles. The lowest BCUT2D eigenvalue weighted by molar-refractivity contribution is 0.399. The lowest BCUT2D eigenvalue weighted by Crippen LogP contribution is -2.24. The Morgan fingerprint density at radius 1 is 0.975 bits per heavy atom.